The van der Waals surface area contributed by atoms with Gasteiger partial charge in [-0.1, -0.05) is 33.8 Å². The number of hydrogen-bond donors (Lipinski definition) is 2. The Bertz CT molecular complexity index is 532. The number of benzene rings is 1. The second kappa shape index (κ2) is 9.33. The summed E-state index contributed by atoms with van der Waals surface area (Å²) in [4.78, 5) is 24.7. The Morgan fingerprint density at radius 2 is 1.26 bits per heavy atom. The van der Waals surface area contributed by atoms with Gasteiger partial charge < -0.3 is 10.6 Å². The van der Waals surface area contributed by atoms with Crippen molar-refractivity contribution in [1.29, 1.82) is 0 Å². The topological polar surface area (TPSA) is 58.2 Å². The van der Waals surface area contributed by atoms with Gasteiger partial charge >= 0.3 is 0 Å². The van der Waals surface area contributed by atoms with Crippen LogP contribution in [-0.2, 0) is 9.59 Å². The van der Waals surface area contributed by atoms with Gasteiger partial charge in [-0.3, -0.25) is 9.59 Å². The molecule has 23 heavy (non-hydrogen) atoms. The molecule has 4 heteroatoms. The van der Waals surface area contributed by atoms with Crippen LogP contribution in [0.15, 0.2) is 18.2 Å². The van der Waals surface area contributed by atoms with Crippen LogP contribution in [-0.4, -0.2) is 11.8 Å². The molecule has 0 unspecified atom stereocenters. The largest absolute Gasteiger partial charge is 0.324 e. The molecule has 4 nitrogen and oxygen atoms in total. The molecule has 0 aliphatic heterocycles. The third-order valence-corrected chi connectivity index (χ3v) is 4.40. The molecule has 0 saturated carbocycles. The Balaban J connectivity index is 2.97. The molecule has 0 bridgehead atoms. The summed E-state index contributed by atoms with van der Waals surface area (Å²) in [5, 5.41) is 5.95. The zero-order chi connectivity index (χ0) is 17.4. The van der Waals surface area contributed by atoms with Crippen LogP contribution in [0.3, 0.4) is 0 Å². The minimum absolute atomic E-state index is 0.00103. The van der Waals surface area contributed by atoms with Gasteiger partial charge in [-0.2, -0.15) is 0 Å². The molecule has 0 atom stereocenters. The average Bonchev–Trinajstić information content (AvgIpc) is 2.52. The highest BCUT2D eigenvalue weighted by atomic mass is 16.2. The van der Waals surface area contributed by atoms with Gasteiger partial charge in [0.05, 0.1) is 11.4 Å². The molecule has 0 aromatic heterocycles. The van der Waals surface area contributed by atoms with Crippen molar-refractivity contribution in [3.8, 4) is 0 Å². The molecule has 0 radical (unpaired) electrons. The van der Waals surface area contributed by atoms with E-state index in [-0.39, 0.29) is 23.7 Å². The molecule has 0 saturated heterocycles. The second-order valence-corrected chi connectivity index (χ2v) is 6.05. The summed E-state index contributed by atoms with van der Waals surface area (Å²) in [5.74, 6) is 0.0208. The zero-order valence-corrected chi connectivity index (χ0v) is 15.0. The van der Waals surface area contributed by atoms with Crippen LogP contribution in [0.1, 0.15) is 58.9 Å². The first-order valence-corrected chi connectivity index (χ1v) is 8.69. The van der Waals surface area contributed by atoms with Crippen molar-refractivity contribution in [2.75, 3.05) is 10.6 Å². The lowest BCUT2D eigenvalue weighted by Gasteiger charge is -2.18. The van der Waals surface area contributed by atoms with Crippen molar-refractivity contribution in [3.05, 3.63) is 23.8 Å². The average molecular weight is 318 g/mol. The van der Waals surface area contributed by atoms with Gasteiger partial charge in [-0.15, -0.1) is 0 Å². The van der Waals surface area contributed by atoms with E-state index in [9.17, 15) is 9.59 Å². The van der Waals surface area contributed by atoms with E-state index in [1.54, 1.807) is 0 Å². The summed E-state index contributed by atoms with van der Waals surface area (Å²) in [7, 11) is 0. The Morgan fingerprint density at radius 1 is 0.826 bits per heavy atom. The number of carbonyl (C=O) groups is 2. The van der Waals surface area contributed by atoms with E-state index in [1.165, 1.54) is 0 Å². The monoisotopic (exact) mass is 318 g/mol. The van der Waals surface area contributed by atoms with E-state index in [4.69, 9.17) is 0 Å². The predicted molar refractivity (Wildman–Crippen MR) is 96.6 cm³/mol. The van der Waals surface area contributed by atoms with E-state index >= 15 is 0 Å². The van der Waals surface area contributed by atoms with Crippen LogP contribution in [0.5, 0.6) is 0 Å². The predicted octanol–water partition coefficient (Wildman–Crippen LogP) is 4.74. The van der Waals surface area contributed by atoms with E-state index in [1.807, 2.05) is 52.8 Å². The Hall–Kier alpha value is -1.84. The molecular formula is C19H30N2O2. The second-order valence-electron chi connectivity index (χ2n) is 6.05. The maximum atomic E-state index is 12.3. The van der Waals surface area contributed by atoms with Crippen molar-refractivity contribution in [2.24, 2.45) is 11.8 Å². The van der Waals surface area contributed by atoms with E-state index in [2.05, 4.69) is 10.6 Å². The number of rotatable bonds is 8. The van der Waals surface area contributed by atoms with Gasteiger partial charge in [0.2, 0.25) is 11.8 Å². The molecule has 1 aromatic rings. The number of anilines is 2. The van der Waals surface area contributed by atoms with Crippen molar-refractivity contribution in [3.63, 3.8) is 0 Å². The first-order chi connectivity index (χ1) is 11.0. The van der Waals surface area contributed by atoms with Crippen molar-refractivity contribution in [1.82, 2.24) is 0 Å². The highest BCUT2D eigenvalue weighted by Gasteiger charge is 2.18. The fourth-order valence-corrected chi connectivity index (χ4v) is 2.66. The van der Waals surface area contributed by atoms with Crippen molar-refractivity contribution < 1.29 is 9.59 Å². The van der Waals surface area contributed by atoms with Crippen LogP contribution in [0.2, 0.25) is 0 Å². The number of carbonyl (C=O) groups excluding carboxylic acids is 2. The lowest BCUT2D eigenvalue weighted by atomic mass is 10.0. The molecular weight excluding hydrogens is 288 g/mol. The summed E-state index contributed by atoms with van der Waals surface area (Å²) in [5.41, 5.74) is 2.40. The van der Waals surface area contributed by atoms with Gasteiger partial charge in [0, 0.05) is 11.8 Å². The van der Waals surface area contributed by atoms with E-state index in [0.717, 1.165) is 31.2 Å². The first-order valence-electron chi connectivity index (χ1n) is 8.69. The van der Waals surface area contributed by atoms with E-state index < -0.39 is 0 Å². The molecule has 128 valence electrons. The van der Waals surface area contributed by atoms with Crippen LogP contribution >= 0.6 is 0 Å². The third kappa shape index (κ3) is 5.38. The number of amides is 2. The van der Waals surface area contributed by atoms with E-state index in [0.29, 0.717) is 11.4 Å². The SMILES string of the molecule is CCC(CC)C(=O)Nc1ccc(C)cc1NC(=O)C(CC)CC. The molecule has 2 amide bonds. The summed E-state index contributed by atoms with van der Waals surface area (Å²) < 4.78 is 0. The van der Waals surface area contributed by atoms with Gasteiger partial charge in [0.1, 0.15) is 0 Å². The standard InChI is InChI=1S/C19H30N2O2/c1-6-14(7-2)18(22)20-16-11-10-13(5)12-17(16)21-19(23)15(8-3)9-4/h10-12,14-15H,6-9H2,1-5H3,(H,20,22)(H,21,23). The van der Waals surface area contributed by atoms with Gasteiger partial charge in [-0.25, -0.2) is 0 Å². The third-order valence-electron chi connectivity index (χ3n) is 4.40. The molecule has 1 rings (SSSR count). The number of nitrogens with one attached hydrogen (secondary N) is 2. The Kier molecular flexibility index (Phi) is 7.79. The normalized spacial score (nSPS) is 10.9. The molecule has 1 aromatic carbocycles. The van der Waals surface area contributed by atoms with Crippen LogP contribution < -0.4 is 10.6 Å². The van der Waals surface area contributed by atoms with Gasteiger partial charge in [-0.05, 0) is 50.3 Å². The fraction of sp³-hybridized carbons (Fsp3) is 0.579. The zero-order valence-electron chi connectivity index (χ0n) is 15.0. The maximum absolute atomic E-state index is 12.3. The molecule has 2 N–H and O–H groups in total. The lowest BCUT2D eigenvalue weighted by molar-refractivity contribution is -0.121. The lowest BCUT2D eigenvalue weighted by Crippen LogP contribution is -2.25. The summed E-state index contributed by atoms with van der Waals surface area (Å²) in [6.45, 7) is 10.0. The molecule has 0 heterocycles. The minimum atomic E-state index is -0.00176. The van der Waals surface area contributed by atoms with Crippen LogP contribution in [0, 0.1) is 18.8 Å². The molecule has 0 spiro atoms. The fourth-order valence-electron chi connectivity index (χ4n) is 2.66. The molecule has 0 aliphatic rings. The quantitative estimate of drug-likeness (QED) is 0.727. The highest BCUT2D eigenvalue weighted by molar-refractivity contribution is 6.00. The summed E-state index contributed by atoms with van der Waals surface area (Å²) >= 11 is 0. The van der Waals surface area contributed by atoms with Crippen LogP contribution in [0.4, 0.5) is 11.4 Å². The number of hydrogen-bond acceptors (Lipinski definition) is 2. The molecule has 0 fully saturated rings. The Labute approximate surface area is 140 Å². The first kappa shape index (κ1) is 19.2. The van der Waals surface area contributed by atoms with Crippen molar-refractivity contribution in [2.45, 2.75) is 60.3 Å². The smallest absolute Gasteiger partial charge is 0.227 e. The highest BCUT2D eigenvalue weighted by Crippen LogP contribution is 2.25. The minimum Gasteiger partial charge on any atom is -0.324 e. The maximum Gasteiger partial charge on any atom is 0.227 e. The molecule has 0 aliphatic carbocycles. The van der Waals surface area contributed by atoms with Gasteiger partial charge in [0.15, 0.2) is 0 Å². The number of aryl methyl sites for hydroxylation is 1. The summed E-state index contributed by atoms with van der Waals surface area (Å²) in [6.07, 6.45) is 3.24. The summed E-state index contributed by atoms with van der Waals surface area (Å²) in [6, 6.07) is 5.70. The van der Waals surface area contributed by atoms with Crippen LogP contribution in [0.25, 0.3) is 0 Å². The van der Waals surface area contributed by atoms with Gasteiger partial charge in [0.25, 0.3) is 0 Å². The van der Waals surface area contributed by atoms with Crippen molar-refractivity contribution >= 4 is 23.2 Å². The Morgan fingerprint density at radius 3 is 1.70 bits per heavy atom.